The van der Waals surface area contributed by atoms with E-state index in [1.54, 1.807) is 49.4 Å². The van der Waals surface area contributed by atoms with Gasteiger partial charge in [-0.05, 0) is 48.4 Å². The average molecular weight is 415 g/mol. The quantitative estimate of drug-likeness (QED) is 0.818. The van der Waals surface area contributed by atoms with E-state index in [9.17, 15) is 13.2 Å². The van der Waals surface area contributed by atoms with Gasteiger partial charge in [-0.15, -0.1) is 0 Å². The maximum Gasteiger partial charge on any atom is 0.265 e. The van der Waals surface area contributed by atoms with Gasteiger partial charge in [-0.1, -0.05) is 45.7 Å². The molecule has 0 bridgehead atoms. The summed E-state index contributed by atoms with van der Waals surface area (Å²) in [6.45, 7) is 1.73. The summed E-state index contributed by atoms with van der Waals surface area (Å²) in [5.74, 6) is -0.682. The minimum Gasteiger partial charge on any atom is -0.268 e. The Morgan fingerprint density at radius 1 is 1.22 bits per heavy atom. The molecular weight excluding hydrogens is 402 g/mol. The Balaban J connectivity index is 2.18. The zero-order chi connectivity index (χ0) is 17.0. The molecule has 0 atom stereocenters. The van der Waals surface area contributed by atoms with Gasteiger partial charge in [0.1, 0.15) is 0 Å². The van der Waals surface area contributed by atoms with Crippen molar-refractivity contribution in [1.82, 2.24) is 4.72 Å². The normalized spacial score (nSPS) is 11.6. The number of aryl methyl sites for hydroxylation is 1. The van der Waals surface area contributed by atoms with Gasteiger partial charge in [0.2, 0.25) is 0 Å². The lowest BCUT2D eigenvalue weighted by Crippen LogP contribution is -2.29. The molecule has 23 heavy (non-hydrogen) atoms. The summed E-state index contributed by atoms with van der Waals surface area (Å²) in [5.41, 5.74) is 1.51. The first-order valence-electron chi connectivity index (χ1n) is 6.54. The van der Waals surface area contributed by atoms with E-state index in [4.69, 9.17) is 11.6 Å². The number of hydrogen-bond donors (Lipinski definition) is 1. The van der Waals surface area contributed by atoms with Crippen molar-refractivity contribution >= 4 is 49.5 Å². The van der Waals surface area contributed by atoms with Crippen molar-refractivity contribution in [3.63, 3.8) is 0 Å². The molecule has 1 N–H and O–H groups in total. The van der Waals surface area contributed by atoms with E-state index in [2.05, 4.69) is 15.9 Å². The van der Waals surface area contributed by atoms with Crippen molar-refractivity contribution in [2.24, 2.45) is 0 Å². The summed E-state index contributed by atoms with van der Waals surface area (Å²) in [5, 5.41) is 1.34. The molecule has 2 aromatic carbocycles. The van der Waals surface area contributed by atoms with Crippen molar-refractivity contribution in [3.8, 4) is 0 Å². The van der Waals surface area contributed by atoms with E-state index < -0.39 is 15.9 Å². The van der Waals surface area contributed by atoms with Crippen LogP contribution in [0.2, 0.25) is 5.02 Å². The van der Waals surface area contributed by atoms with Crippen molar-refractivity contribution in [2.45, 2.75) is 6.92 Å². The van der Waals surface area contributed by atoms with Crippen LogP contribution in [-0.4, -0.2) is 14.3 Å². The first-order valence-corrected chi connectivity index (χ1v) is 9.26. The number of amides is 1. The molecule has 1 amide bonds. The van der Waals surface area contributed by atoms with E-state index in [0.717, 1.165) is 9.88 Å². The minimum absolute atomic E-state index is 0.294. The van der Waals surface area contributed by atoms with Crippen LogP contribution in [-0.2, 0) is 10.0 Å². The number of hydrogen-bond acceptors (Lipinski definition) is 3. The third-order valence-corrected chi connectivity index (χ3v) is 4.80. The highest BCUT2D eigenvalue weighted by Gasteiger charge is 2.15. The van der Waals surface area contributed by atoms with Gasteiger partial charge in [0.05, 0.1) is 5.41 Å². The van der Waals surface area contributed by atoms with Crippen molar-refractivity contribution in [1.29, 1.82) is 0 Å². The first-order chi connectivity index (χ1) is 10.8. The Kier molecular flexibility index (Phi) is 5.62. The van der Waals surface area contributed by atoms with Crippen LogP contribution in [0.3, 0.4) is 0 Å². The highest BCUT2D eigenvalue weighted by molar-refractivity contribution is 9.10. The Hall–Kier alpha value is -1.63. The van der Waals surface area contributed by atoms with Gasteiger partial charge in [-0.2, -0.15) is 0 Å². The van der Waals surface area contributed by atoms with Crippen LogP contribution >= 0.6 is 27.5 Å². The number of carbonyl (C=O) groups excluding carboxylic acids is 1. The van der Waals surface area contributed by atoms with Gasteiger partial charge in [-0.25, -0.2) is 13.1 Å². The standard InChI is InChI=1S/C16H13BrClNO3S/c1-11-10-13(17)6-7-14(11)16(20)19-23(21,22)9-8-12-4-2-3-5-15(12)18/h2-10H,1H3,(H,19,20)/b9-8+. The fourth-order valence-electron chi connectivity index (χ4n) is 1.87. The molecule has 0 aromatic heterocycles. The summed E-state index contributed by atoms with van der Waals surface area (Å²) in [4.78, 5) is 12.1. The van der Waals surface area contributed by atoms with Crippen LogP contribution in [0.4, 0.5) is 0 Å². The molecule has 0 fully saturated rings. The van der Waals surface area contributed by atoms with Crippen LogP contribution in [0, 0.1) is 6.92 Å². The highest BCUT2D eigenvalue weighted by atomic mass is 79.9. The summed E-state index contributed by atoms with van der Waals surface area (Å²) < 4.78 is 26.8. The fraction of sp³-hybridized carbons (Fsp3) is 0.0625. The molecule has 0 spiro atoms. The average Bonchev–Trinajstić information content (AvgIpc) is 2.45. The Morgan fingerprint density at radius 3 is 2.57 bits per heavy atom. The smallest absolute Gasteiger partial charge is 0.265 e. The third-order valence-electron chi connectivity index (χ3n) is 3.00. The van der Waals surface area contributed by atoms with Crippen LogP contribution in [0.15, 0.2) is 52.3 Å². The van der Waals surface area contributed by atoms with Crippen LogP contribution in [0.5, 0.6) is 0 Å². The monoisotopic (exact) mass is 413 g/mol. The molecule has 120 valence electrons. The number of halogens is 2. The first kappa shape index (κ1) is 17.7. The fourth-order valence-corrected chi connectivity index (χ4v) is 3.31. The number of nitrogens with one attached hydrogen (secondary N) is 1. The van der Waals surface area contributed by atoms with Crippen LogP contribution in [0.25, 0.3) is 6.08 Å². The maximum absolute atomic E-state index is 12.1. The van der Waals surface area contributed by atoms with Crippen LogP contribution < -0.4 is 4.72 Å². The molecule has 0 saturated heterocycles. The van der Waals surface area contributed by atoms with E-state index in [0.29, 0.717) is 21.7 Å². The van der Waals surface area contributed by atoms with Gasteiger partial charge in [0.15, 0.2) is 0 Å². The molecule has 0 radical (unpaired) electrons. The van der Waals surface area contributed by atoms with Crippen molar-refractivity contribution in [3.05, 3.63) is 74.1 Å². The maximum atomic E-state index is 12.1. The second-order valence-electron chi connectivity index (χ2n) is 4.76. The van der Waals surface area contributed by atoms with Gasteiger partial charge >= 0.3 is 0 Å². The summed E-state index contributed by atoms with van der Waals surface area (Å²) in [6, 6.07) is 11.8. The molecule has 0 heterocycles. The Bertz CT molecular complexity index is 879. The third kappa shape index (κ3) is 4.92. The minimum atomic E-state index is -3.92. The largest absolute Gasteiger partial charge is 0.268 e. The topological polar surface area (TPSA) is 63.2 Å². The second-order valence-corrected chi connectivity index (χ2v) is 7.65. The van der Waals surface area contributed by atoms with Crippen molar-refractivity contribution < 1.29 is 13.2 Å². The number of benzene rings is 2. The van der Waals surface area contributed by atoms with Crippen molar-refractivity contribution in [2.75, 3.05) is 0 Å². The molecular formula is C16H13BrClNO3S. The molecule has 0 aliphatic heterocycles. The van der Waals surface area contributed by atoms with Gasteiger partial charge < -0.3 is 0 Å². The van der Waals surface area contributed by atoms with E-state index in [1.807, 2.05) is 4.72 Å². The van der Waals surface area contributed by atoms with E-state index in [1.165, 1.54) is 6.08 Å². The zero-order valence-electron chi connectivity index (χ0n) is 12.1. The van der Waals surface area contributed by atoms with Gasteiger partial charge in [-0.3, -0.25) is 4.79 Å². The molecule has 0 aliphatic rings. The molecule has 0 aliphatic carbocycles. The molecule has 4 nitrogen and oxygen atoms in total. The summed E-state index contributed by atoms with van der Waals surface area (Å²) in [7, 11) is -3.92. The lowest BCUT2D eigenvalue weighted by Gasteiger charge is -2.07. The molecule has 0 saturated carbocycles. The van der Waals surface area contributed by atoms with Gasteiger partial charge in [0, 0.05) is 15.1 Å². The second kappa shape index (κ2) is 7.29. The molecule has 0 unspecified atom stereocenters. The van der Waals surface area contributed by atoms with Gasteiger partial charge in [0.25, 0.3) is 15.9 Å². The highest BCUT2D eigenvalue weighted by Crippen LogP contribution is 2.18. The lowest BCUT2D eigenvalue weighted by molar-refractivity contribution is 0.0981. The predicted molar refractivity (Wildman–Crippen MR) is 95.8 cm³/mol. The number of sulfonamides is 1. The zero-order valence-corrected chi connectivity index (χ0v) is 15.2. The summed E-state index contributed by atoms with van der Waals surface area (Å²) >= 11 is 9.24. The number of carbonyl (C=O) groups is 1. The van der Waals surface area contributed by atoms with Crippen LogP contribution in [0.1, 0.15) is 21.5 Å². The van der Waals surface area contributed by atoms with E-state index >= 15 is 0 Å². The summed E-state index contributed by atoms with van der Waals surface area (Å²) in [6.07, 6.45) is 1.34. The lowest BCUT2D eigenvalue weighted by atomic mass is 10.1. The molecule has 2 rings (SSSR count). The van der Waals surface area contributed by atoms with E-state index in [-0.39, 0.29) is 0 Å². The number of rotatable bonds is 4. The Labute approximate surface area is 148 Å². The SMILES string of the molecule is Cc1cc(Br)ccc1C(=O)NS(=O)(=O)/C=C/c1ccccc1Cl. The Morgan fingerprint density at radius 2 is 1.91 bits per heavy atom. The molecule has 7 heteroatoms. The predicted octanol–water partition coefficient (Wildman–Crippen LogP) is 4.14. The molecule has 2 aromatic rings.